The van der Waals surface area contributed by atoms with Crippen LogP contribution in [0.1, 0.15) is 21.5 Å². The highest BCUT2D eigenvalue weighted by Gasteiger charge is 2.19. The largest absolute Gasteiger partial charge is 0.495 e. The Morgan fingerprint density at radius 3 is 2.33 bits per heavy atom. The van der Waals surface area contributed by atoms with Gasteiger partial charge in [0.2, 0.25) is 0 Å². The van der Waals surface area contributed by atoms with Crippen LogP contribution in [0.3, 0.4) is 0 Å². The van der Waals surface area contributed by atoms with Gasteiger partial charge in [0.05, 0.1) is 23.4 Å². The van der Waals surface area contributed by atoms with Gasteiger partial charge in [0, 0.05) is 10.6 Å². The van der Waals surface area contributed by atoms with Gasteiger partial charge in [-0.1, -0.05) is 23.7 Å². The van der Waals surface area contributed by atoms with E-state index in [1.165, 1.54) is 25.3 Å². The normalized spacial score (nSPS) is 11.1. The van der Waals surface area contributed by atoms with Gasteiger partial charge in [-0.15, -0.1) is 0 Å². The number of aryl methyl sites for hydroxylation is 1. The van der Waals surface area contributed by atoms with E-state index in [4.69, 9.17) is 16.3 Å². The summed E-state index contributed by atoms with van der Waals surface area (Å²) in [7, 11) is -2.44. The van der Waals surface area contributed by atoms with E-state index in [1.54, 1.807) is 36.4 Å². The van der Waals surface area contributed by atoms with Crippen molar-refractivity contribution in [3.8, 4) is 5.75 Å². The van der Waals surface area contributed by atoms with Crippen LogP contribution < -0.4 is 14.8 Å². The molecule has 8 heteroatoms. The number of ether oxygens (including phenoxy) is 1. The summed E-state index contributed by atoms with van der Waals surface area (Å²) < 4.78 is 33.7. The maximum absolute atomic E-state index is 12.9. The number of sulfonamides is 1. The Labute approximate surface area is 180 Å². The molecule has 0 saturated carbocycles. The zero-order chi connectivity index (χ0) is 21.9. The van der Waals surface area contributed by atoms with E-state index in [-0.39, 0.29) is 10.6 Å². The minimum absolute atomic E-state index is 0.00406. The molecule has 3 rings (SSSR count). The number of halogens is 1. The molecule has 0 unspecified atom stereocenters. The van der Waals surface area contributed by atoms with Gasteiger partial charge in [-0.2, -0.15) is 0 Å². The van der Waals surface area contributed by atoms with Gasteiger partial charge in [0.25, 0.3) is 15.9 Å². The first-order valence-electron chi connectivity index (χ1n) is 9.05. The lowest BCUT2D eigenvalue weighted by molar-refractivity contribution is 0.102. The molecular weight excluding hydrogens is 424 g/mol. The number of benzene rings is 3. The molecule has 0 atom stereocenters. The first-order chi connectivity index (χ1) is 14.2. The molecule has 0 aromatic heterocycles. The molecule has 0 aliphatic carbocycles. The maximum Gasteiger partial charge on any atom is 0.261 e. The molecule has 3 aromatic rings. The van der Waals surface area contributed by atoms with Crippen LogP contribution in [0.4, 0.5) is 11.4 Å². The predicted molar refractivity (Wildman–Crippen MR) is 119 cm³/mol. The quantitative estimate of drug-likeness (QED) is 0.559. The van der Waals surface area contributed by atoms with Crippen molar-refractivity contribution >= 4 is 38.9 Å². The molecule has 2 N–H and O–H groups in total. The molecule has 156 valence electrons. The fourth-order valence-electron chi connectivity index (χ4n) is 2.81. The second-order valence-electron chi connectivity index (χ2n) is 6.68. The Morgan fingerprint density at radius 2 is 1.67 bits per heavy atom. The zero-order valence-corrected chi connectivity index (χ0v) is 18.3. The van der Waals surface area contributed by atoms with Crippen LogP contribution in [0.5, 0.6) is 5.75 Å². The van der Waals surface area contributed by atoms with Crippen molar-refractivity contribution < 1.29 is 17.9 Å². The minimum Gasteiger partial charge on any atom is -0.495 e. The van der Waals surface area contributed by atoms with E-state index in [2.05, 4.69) is 10.0 Å². The van der Waals surface area contributed by atoms with Gasteiger partial charge in [0.1, 0.15) is 5.75 Å². The topological polar surface area (TPSA) is 84.5 Å². The molecule has 0 aliphatic heterocycles. The number of hydrogen-bond acceptors (Lipinski definition) is 4. The number of carbonyl (C=O) groups is 1. The van der Waals surface area contributed by atoms with Crippen LogP contribution in [-0.4, -0.2) is 21.4 Å². The summed E-state index contributed by atoms with van der Waals surface area (Å²) in [5.74, 6) is -0.0787. The lowest BCUT2D eigenvalue weighted by Crippen LogP contribution is -2.16. The van der Waals surface area contributed by atoms with Crippen LogP contribution in [0.15, 0.2) is 65.6 Å². The van der Waals surface area contributed by atoms with E-state index in [0.717, 1.165) is 11.1 Å². The van der Waals surface area contributed by atoms with Crippen LogP contribution in [0.25, 0.3) is 0 Å². The lowest BCUT2D eigenvalue weighted by atomic mass is 10.1. The van der Waals surface area contributed by atoms with E-state index in [1.807, 2.05) is 19.9 Å². The standard InChI is InChI=1S/C22H21ClN2O4S/c1-14-5-4-6-19(15(14)2)25-30(27,28)18-11-12-21(29-3)20(13-18)24-22(26)16-7-9-17(23)10-8-16/h4-13,25H,1-3H3,(H,24,26). The Hall–Kier alpha value is -3.03. The Kier molecular flexibility index (Phi) is 6.34. The molecule has 30 heavy (non-hydrogen) atoms. The highest BCUT2D eigenvalue weighted by atomic mass is 35.5. The third kappa shape index (κ3) is 4.75. The monoisotopic (exact) mass is 444 g/mol. The lowest BCUT2D eigenvalue weighted by Gasteiger charge is -2.15. The number of hydrogen-bond donors (Lipinski definition) is 2. The molecule has 0 aliphatic rings. The fourth-order valence-corrected chi connectivity index (χ4v) is 4.09. The number of amides is 1. The summed E-state index contributed by atoms with van der Waals surface area (Å²) in [6, 6.07) is 16.0. The molecule has 3 aromatic carbocycles. The number of methoxy groups -OCH3 is 1. The Balaban J connectivity index is 1.92. The third-order valence-electron chi connectivity index (χ3n) is 4.68. The van der Waals surface area contributed by atoms with Crippen molar-refractivity contribution in [1.82, 2.24) is 0 Å². The summed E-state index contributed by atoms with van der Waals surface area (Å²) in [5, 5.41) is 3.20. The molecule has 0 radical (unpaired) electrons. The first kappa shape index (κ1) is 21.7. The zero-order valence-electron chi connectivity index (χ0n) is 16.7. The molecule has 0 fully saturated rings. The van der Waals surface area contributed by atoms with Crippen molar-refractivity contribution in [1.29, 1.82) is 0 Å². The van der Waals surface area contributed by atoms with Crippen molar-refractivity contribution in [3.05, 3.63) is 82.4 Å². The van der Waals surface area contributed by atoms with Crippen molar-refractivity contribution in [2.45, 2.75) is 18.7 Å². The third-order valence-corrected chi connectivity index (χ3v) is 6.30. The van der Waals surface area contributed by atoms with Crippen LogP contribution in [-0.2, 0) is 10.0 Å². The predicted octanol–water partition coefficient (Wildman–Crippen LogP) is 5.02. The molecule has 6 nitrogen and oxygen atoms in total. The van der Waals surface area contributed by atoms with Crippen LogP contribution in [0.2, 0.25) is 5.02 Å². The number of rotatable bonds is 6. The first-order valence-corrected chi connectivity index (χ1v) is 10.9. The second-order valence-corrected chi connectivity index (χ2v) is 8.79. The summed E-state index contributed by atoms with van der Waals surface area (Å²) in [5.41, 5.74) is 2.92. The number of nitrogens with one attached hydrogen (secondary N) is 2. The molecular formula is C22H21ClN2O4S. The molecule has 1 amide bonds. The summed E-state index contributed by atoms with van der Waals surface area (Å²) in [4.78, 5) is 12.5. The average Bonchev–Trinajstić information content (AvgIpc) is 2.71. The number of anilines is 2. The Bertz CT molecular complexity index is 1190. The van der Waals surface area contributed by atoms with Gasteiger partial charge in [-0.05, 0) is 73.5 Å². The molecule has 0 spiro atoms. The van der Waals surface area contributed by atoms with Crippen LogP contribution >= 0.6 is 11.6 Å². The molecule has 0 heterocycles. The van der Waals surface area contributed by atoms with E-state index >= 15 is 0 Å². The van der Waals surface area contributed by atoms with Crippen molar-refractivity contribution in [2.75, 3.05) is 17.1 Å². The van der Waals surface area contributed by atoms with E-state index in [9.17, 15) is 13.2 Å². The highest BCUT2D eigenvalue weighted by molar-refractivity contribution is 7.92. The minimum atomic E-state index is -3.88. The highest BCUT2D eigenvalue weighted by Crippen LogP contribution is 2.30. The average molecular weight is 445 g/mol. The van der Waals surface area contributed by atoms with Crippen LogP contribution in [0, 0.1) is 13.8 Å². The van der Waals surface area contributed by atoms with E-state index < -0.39 is 15.9 Å². The van der Waals surface area contributed by atoms with Gasteiger partial charge in [-0.3, -0.25) is 9.52 Å². The number of carbonyl (C=O) groups excluding carboxylic acids is 1. The second kappa shape index (κ2) is 8.77. The summed E-state index contributed by atoms with van der Waals surface area (Å²) in [6.07, 6.45) is 0. The van der Waals surface area contributed by atoms with Gasteiger partial charge < -0.3 is 10.1 Å². The van der Waals surface area contributed by atoms with E-state index in [0.29, 0.717) is 22.0 Å². The van der Waals surface area contributed by atoms with Gasteiger partial charge in [-0.25, -0.2) is 8.42 Å². The molecule has 0 saturated heterocycles. The van der Waals surface area contributed by atoms with Crippen molar-refractivity contribution in [2.24, 2.45) is 0 Å². The van der Waals surface area contributed by atoms with Gasteiger partial charge in [0.15, 0.2) is 0 Å². The smallest absolute Gasteiger partial charge is 0.261 e. The summed E-state index contributed by atoms with van der Waals surface area (Å²) >= 11 is 5.86. The fraction of sp³-hybridized carbons (Fsp3) is 0.136. The van der Waals surface area contributed by atoms with Gasteiger partial charge >= 0.3 is 0 Å². The Morgan fingerprint density at radius 1 is 0.967 bits per heavy atom. The van der Waals surface area contributed by atoms with Crippen molar-refractivity contribution in [3.63, 3.8) is 0 Å². The molecule has 0 bridgehead atoms. The SMILES string of the molecule is COc1ccc(S(=O)(=O)Nc2cccc(C)c2C)cc1NC(=O)c1ccc(Cl)cc1. The summed E-state index contributed by atoms with van der Waals surface area (Å²) in [6.45, 7) is 3.75. The maximum atomic E-state index is 12.9.